The van der Waals surface area contributed by atoms with Gasteiger partial charge in [-0.2, -0.15) is 0 Å². The summed E-state index contributed by atoms with van der Waals surface area (Å²) in [5, 5.41) is 3.12. The molecule has 1 heterocycles. The second-order valence-electron chi connectivity index (χ2n) is 7.13. The first-order chi connectivity index (χ1) is 14.9. The van der Waals surface area contributed by atoms with Crippen LogP contribution in [-0.2, 0) is 31.1 Å². The molecule has 0 bridgehead atoms. The Morgan fingerprint density at radius 2 is 1.71 bits per heavy atom. The molecule has 0 aliphatic rings. The SMILES string of the molecule is CCc1ccn(-c2ccc(Cl)cc2C(=O)c2c(CF)cccc2CF)c1CNC(C)=O. The van der Waals surface area contributed by atoms with Crippen molar-refractivity contribution < 1.29 is 18.4 Å². The van der Waals surface area contributed by atoms with Gasteiger partial charge in [0, 0.05) is 35.0 Å². The minimum Gasteiger partial charge on any atom is -0.351 e. The van der Waals surface area contributed by atoms with Crippen LogP contribution >= 0.6 is 11.6 Å². The molecule has 4 nitrogen and oxygen atoms in total. The maximum atomic E-state index is 13.6. The summed E-state index contributed by atoms with van der Waals surface area (Å²) in [5.74, 6) is -0.678. The van der Waals surface area contributed by atoms with Gasteiger partial charge in [0.05, 0.1) is 12.2 Å². The summed E-state index contributed by atoms with van der Waals surface area (Å²) in [6.45, 7) is 1.93. The number of alkyl halides is 2. The largest absolute Gasteiger partial charge is 0.351 e. The first kappa shape index (κ1) is 22.7. The van der Waals surface area contributed by atoms with Crippen LogP contribution in [0.4, 0.5) is 8.78 Å². The van der Waals surface area contributed by atoms with Gasteiger partial charge in [-0.05, 0) is 47.4 Å². The Morgan fingerprint density at radius 3 is 2.29 bits per heavy atom. The molecule has 1 amide bonds. The normalized spacial score (nSPS) is 10.9. The third-order valence-electron chi connectivity index (χ3n) is 5.19. The smallest absolute Gasteiger partial charge is 0.217 e. The monoisotopic (exact) mass is 444 g/mol. The van der Waals surface area contributed by atoms with Gasteiger partial charge < -0.3 is 9.88 Å². The Hall–Kier alpha value is -2.99. The molecule has 0 fully saturated rings. The highest BCUT2D eigenvalue weighted by molar-refractivity contribution is 6.31. The lowest BCUT2D eigenvalue weighted by molar-refractivity contribution is -0.119. The molecule has 3 aromatic rings. The zero-order valence-electron chi connectivity index (χ0n) is 17.3. The van der Waals surface area contributed by atoms with Crippen LogP contribution in [0.3, 0.4) is 0 Å². The van der Waals surface area contributed by atoms with Crippen LogP contribution in [0, 0.1) is 0 Å². The zero-order valence-corrected chi connectivity index (χ0v) is 18.1. The van der Waals surface area contributed by atoms with Gasteiger partial charge in [-0.1, -0.05) is 36.7 Å². The molecule has 0 radical (unpaired) electrons. The number of rotatable bonds is 8. The van der Waals surface area contributed by atoms with Crippen LogP contribution in [0.1, 0.15) is 52.2 Å². The van der Waals surface area contributed by atoms with E-state index in [-0.39, 0.29) is 34.7 Å². The van der Waals surface area contributed by atoms with Gasteiger partial charge in [0.2, 0.25) is 5.91 Å². The molecule has 0 spiro atoms. The number of nitrogens with zero attached hydrogens (tertiary/aromatic N) is 1. The van der Waals surface area contributed by atoms with Gasteiger partial charge in [0.1, 0.15) is 13.3 Å². The van der Waals surface area contributed by atoms with Gasteiger partial charge in [0.25, 0.3) is 0 Å². The summed E-state index contributed by atoms with van der Waals surface area (Å²) in [5.41, 5.74) is 2.85. The minimum atomic E-state index is -0.887. The van der Waals surface area contributed by atoms with Crippen molar-refractivity contribution in [2.45, 2.75) is 40.2 Å². The number of hydrogen-bond acceptors (Lipinski definition) is 2. The third-order valence-corrected chi connectivity index (χ3v) is 5.42. The van der Waals surface area contributed by atoms with Crippen molar-refractivity contribution in [3.8, 4) is 5.69 Å². The maximum absolute atomic E-state index is 13.6. The quantitative estimate of drug-likeness (QED) is 0.466. The van der Waals surface area contributed by atoms with E-state index >= 15 is 0 Å². The van der Waals surface area contributed by atoms with Crippen molar-refractivity contribution in [1.29, 1.82) is 0 Å². The molecule has 31 heavy (non-hydrogen) atoms. The number of carbonyl (C=O) groups is 2. The molecule has 0 aliphatic heterocycles. The molecule has 0 aliphatic carbocycles. The first-order valence-corrected chi connectivity index (χ1v) is 10.3. The van der Waals surface area contributed by atoms with Crippen LogP contribution < -0.4 is 5.32 Å². The summed E-state index contributed by atoms with van der Waals surface area (Å²) in [4.78, 5) is 25.0. The fraction of sp³-hybridized carbons (Fsp3) is 0.250. The Bertz CT molecular complexity index is 1100. The lowest BCUT2D eigenvalue weighted by Crippen LogP contribution is -2.22. The Kier molecular flexibility index (Phi) is 7.23. The number of amides is 1. The lowest BCUT2D eigenvalue weighted by atomic mass is 9.93. The summed E-state index contributed by atoms with van der Waals surface area (Å²) in [6, 6.07) is 11.3. The van der Waals surface area contributed by atoms with E-state index < -0.39 is 19.1 Å². The molecule has 1 aromatic heterocycles. The molecule has 1 N–H and O–H groups in total. The number of aryl methyl sites for hydroxylation is 1. The maximum Gasteiger partial charge on any atom is 0.217 e. The van der Waals surface area contributed by atoms with E-state index in [1.165, 1.54) is 31.2 Å². The molecular weight excluding hydrogens is 422 g/mol. The second-order valence-corrected chi connectivity index (χ2v) is 7.57. The van der Waals surface area contributed by atoms with Crippen molar-refractivity contribution in [1.82, 2.24) is 9.88 Å². The van der Waals surface area contributed by atoms with Crippen LogP contribution in [0.15, 0.2) is 48.7 Å². The highest BCUT2D eigenvalue weighted by Gasteiger charge is 2.23. The number of nitrogens with one attached hydrogen (secondary N) is 1. The summed E-state index contributed by atoms with van der Waals surface area (Å²) < 4.78 is 29.1. The summed E-state index contributed by atoms with van der Waals surface area (Å²) in [6.07, 6.45) is 2.54. The number of benzene rings is 2. The number of aromatic nitrogens is 1. The molecule has 2 aromatic carbocycles. The topological polar surface area (TPSA) is 51.1 Å². The lowest BCUT2D eigenvalue weighted by Gasteiger charge is -2.17. The Labute approximate surface area is 184 Å². The van der Waals surface area contributed by atoms with Crippen molar-refractivity contribution in [2.75, 3.05) is 0 Å². The predicted molar refractivity (Wildman–Crippen MR) is 117 cm³/mol. The average Bonchev–Trinajstić information content (AvgIpc) is 3.19. The van der Waals surface area contributed by atoms with Crippen molar-refractivity contribution in [2.24, 2.45) is 0 Å². The molecule has 0 atom stereocenters. The number of halogens is 3. The number of ketones is 1. The average molecular weight is 445 g/mol. The summed E-state index contributed by atoms with van der Waals surface area (Å²) in [7, 11) is 0. The Balaban J connectivity index is 2.20. The highest BCUT2D eigenvalue weighted by Crippen LogP contribution is 2.29. The van der Waals surface area contributed by atoms with Gasteiger partial charge in [-0.15, -0.1) is 0 Å². The van der Waals surface area contributed by atoms with Crippen molar-refractivity contribution in [3.63, 3.8) is 0 Å². The molecule has 0 saturated carbocycles. The van der Waals surface area contributed by atoms with Crippen LogP contribution in [-0.4, -0.2) is 16.3 Å². The predicted octanol–water partition coefficient (Wildman–Crippen LogP) is 5.50. The van der Waals surface area contributed by atoms with Crippen molar-refractivity contribution >= 4 is 23.3 Å². The van der Waals surface area contributed by atoms with E-state index in [4.69, 9.17) is 11.6 Å². The molecule has 7 heteroatoms. The van der Waals surface area contributed by atoms with Crippen molar-refractivity contribution in [3.05, 3.63) is 87.2 Å². The summed E-state index contributed by atoms with van der Waals surface area (Å²) >= 11 is 6.19. The van der Waals surface area contributed by atoms with E-state index in [1.807, 2.05) is 23.8 Å². The standard InChI is InChI=1S/C24H23ClF2N2O2/c1-3-16-9-10-29(22(16)14-28-15(2)30)21-8-7-19(25)11-20(21)24(31)23-17(12-26)5-4-6-18(23)13-27/h4-11H,3,12-14H2,1-2H3,(H,28,30). The molecule has 0 saturated heterocycles. The van der Waals surface area contributed by atoms with E-state index in [1.54, 1.807) is 12.1 Å². The van der Waals surface area contributed by atoms with Gasteiger partial charge in [-0.25, -0.2) is 8.78 Å². The minimum absolute atomic E-state index is 0.0160. The first-order valence-electron chi connectivity index (χ1n) is 9.92. The van der Waals surface area contributed by atoms with Crippen LogP contribution in [0.5, 0.6) is 0 Å². The highest BCUT2D eigenvalue weighted by atomic mass is 35.5. The van der Waals surface area contributed by atoms with Gasteiger partial charge in [-0.3, -0.25) is 9.59 Å². The van der Waals surface area contributed by atoms with Gasteiger partial charge in [0.15, 0.2) is 5.78 Å². The zero-order chi connectivity index (χ0) is 22.5. The Morgan fingerprint density at radius 1 is 1.03 bits per heavy atom. The van der Waals surface area contributed by atoms with Crippen LogP contribution in [0.25, 0.3) is 5.69 Å². The second kappa shape index (κ2) is 9.88. The van der Waals surface area contributed by atoms with E-state index in [0.717, 1.165) is 17.7 Å². The van der Waals surface area contributed by atoms with E-state index in [0.29, 0.717) is 10.7 Å². The third kappa shape index (κ3) is 4.69. The number of hydrogen-bond donors (Lipinski definition) is 1. The molecule has 0 unspecified atom stereocenters. The molecular formula is C24H23ClF2N2O2. The van der Waals surface area contributed by atoms with Gasteiger partial charge >= 0.3 is 0 Å². The fourth-order valence-electron chi connectivity index (χ4n) is 3.66. The van der Waals surface area contributed by atoms with E-state index in [2.05, 4.69) is 5.32 Å². The fourth-order valence-corrected chi connectivity index (χ4v) is 3.83. The molecule has 3 rings (SSSR count). The van der Waals surface area contributed by atoms with Crippen LogP contribution in [0.2, 0.25) is 5.02 Å². The molecule has 162 valence electrons. The number of carbonyl (C=O) groups excluding carboxylic acids is 2. The van der Waals surface area contributed by atoms with E-state index in [9.17, 15) is 18.4 Å².